The number of pyridine rings is 1. The molecule has 0 unspecified atom stereocenters. The van der Waals surface area contributed by atoms with Gasteiger partial charge in [-0.1, -0.05) is 0 Å². The Labute approximate surface area is 81.2 Å². The summed E-state index contributed by atoms with van der Waals surface area (Å²) in [7, 11) is 0. The lowest BCUT2D eigenvalue weighted by Crippen LogP contribution is -2.31. The minimum atomic E-state index is -0.150. The van der Waals surface area contributed by atoms with E-state index in [2.05, 4.69) is 10.1 Å². The Morgan fingerprint density at radius 1 is 1.43 bits per heavy atom. The maximum atomic E-state index is 9.23. The maximum absolute atomic E-state index is 9.23. The van der Waals surface area contributed by atoms with E-state index in [4.69, 9.17) is 0 Å². The van der Waals surface area contributed by atoms with Gasteiger partial charge in [0.05, 0.1) is 18.3 Å². The molecule has 1 fully saturated rings. The summed E-state index contributed by atoms with van der Waals surface area (Å²) < 4.78 is 1.92. The fourth-order valence-corrected chi connectivity index (χ4v) is 1.91. The third-order valence-corrected chi connectivity index (χ3v) is 2.79. The molecule has 2 aromatic heterocycles. The molecule has 1 saturated carbocycles. The van der Waals surface area contributed by atoms with Crippen molar-refractivity contribution in [3.05, 3.63) is 24.5 Å². The summed E-state index contributed by atoms with van der Waals surface area (Å²) in [6.45, 7) is 0. The van der Waals surface area contributed by atoms with E-state index < -0.39 is 0 Å². The Hall–Kier alpha value is -1.42. The molecule has 0 aliphatic heterocycles. The normalized spacial score (nSPS) is 26.4. The summed E-state index contributed by atoms with van der Waals surface area (Å²) in [5.74, 6) is 0. The highest BCUT2D eigenvalue weighted by molar-refractivity contribution is 5.74. The van der Waals surface area contributed by atoms with Gasteiger partial charge in [-0.3, -0.25) is 0 Å². The second-order valence-corrected chi connectivity index (χ2v) is 3.78. The van der Waals surface area contributed by atoms with Gasteiger partial charge in [-0.25, -0.2) is 9.67 Å². The van der Waals surface area contributed by atoms with Crippen LogP contribution < -0.4 is 0 Å². The lowest BCUT2D eigenvalue weighted by Gasteiger charge is -2.31. The van der Waals surface area contributed by atoms with E-state index in [1.807, 2.05) is 23.0 Å². The van der Waals surface area contributed by atoms with Crippen molar-refractivity contribution < 1.29 is 5.11 Å². The number of hydrogen-bond acceptors (Lipinski definition) is 3. The third-order valence-electron chi connectivity index (χ3n) is 2.79. The predicted octanol–water partition coefficient (Wildman–Crippen LogP) is 1.13. The van der Waals surface area contributed by atoms with E-state index in [1.54, 1.807) is 6.20 Å². The van der Waals surface area contributed by atoms with Gasteiger partial charge in [0.1, 0.15) is 0 Å². The van der Waals surface area contributed by atoms with Crippen LogP contribution in [0.25, 0.3) is 11.0 Å². The molecule has 0 atom stereocenters. The highest BCUT2D eigenvalue weighted by atomic mass is 16.3. The second kappa shape index (κ2) is 2.78. The van der Waals surface area contributed by atoms with E-state index in [9.17, 15) is 5.11 Å². The zero-order valence-corrected chi connectivity index (χ0v) is 7.67. The summed E-state index contributed by atoms with van der Waals surface area (Å²) in [5.41, 5.74) is 0.921. The average Bonchev–Trinajstić information content (AvgIpc) is 2.56. The Kier molecular flexibility index (Phi) is 1.58. The molecule has 0 amide bonds. The summed E-state index contributed by atoms with van der Waals surface area (Å²) in [6.07, 6.45) is 5.05. The maximum Gasteiger partial charge on any atom is 0.157 e. The van der Waals surface area contributed by atoms with Crippen molar-refractivity contribution in [1.82, 2.24) is 14.8 Å². The SMILES string of the molecule is OC1CC(n2ncc3cccnc32)C1. The number of fused-ring (bicyclic) bond motifs is 1. The van der Waals surface area contributed by atoms with Gasteiger partial charge in [0.2, 0.25) is 0 Å². The van der Waals surface area contributed by atoms with Gasteiger partial charge in [0, 0.05) is 11.6 Å². The molecule has 1 aliphatic rings. The fraction of sp³-hybridized carbons (Fsp3) is 0.400. The largest absolute Gasteiger partial charge is 0.393 e. The number of hydrogen-bond donors (Lipinski definition) is 1. The molecule has 3 rings (SSSR count). The fourth-order valence-electron chi connectivity index (χ4n) is 1.91. The number of aliphatic hydroxyl groups excluding tert-OH is 1. The Balaban J connectivity index is 2.05. The zero-order chi connectivity index (χ0) is 9.54. The van der Waals surface area contributed by atoms with Crippen molar-refractivity contribution >= 4 is 11.0 Å². The molecule has 4 nitrogen and oxygen atoms in total. The van der Waals surface area contributed by atoms with Crippen LogP contribution in [0.5, 0.6) is 0 Å². The van der Waals surface area contributed by atoms with Gasteiger partial charge >= 0.3 is 0 Å². The predicted molar refractivity (Wildman–Crippen MR) is 51.8 cm³/mol. The molecular formula is C10H11N3O. The first-order chi connectivity index (χ1) is 6.84. The third kappa shape index (κ3) is 1.04. The van der Waals surface area contributed by atoms with Crippen LogP contribution in [0.3, 0.4) is 0 Å². The smallest absolute Gasteiger partial charge is 0.157 e. The molecule has 0 bridgehead atoms. The van der Waals surface area contributed by atoms with Crippen LogP contribution in [0.1, 0.15) is 18.9 Å². The Bertz CT molecular complexity index is 459. The van der Waals surface area contributed by atoms with Crippen LogP contribution in [0, 0.1) is 0 Å². The average molecular weight is 189 g/mol. The minimum absolute atomic E-state index is 0.150. The molecule has 1 N–H and O–H groups in total. The second-order valence-electron chi connectivity index (χ2n) is 3.78. The Morgan fingerprint density at radius 2 is 2.29 bits per heavy atom. The Morgan fingerprint density at radius 3 is 3.07 bits per heavy atom. The van der Waals surface area contributed by atoms with E-state index >= 15 is 0 Å². The standard InChI is InChI=1S/C10H11N3O/c14-9-4-8(5-9)13-10-7(6-12-13)2-1-3-11-10/h1-3,6,8-9,14H,4-5H2. The van der Waals surface area contributed by atoms with E-state index in [-0.39, 0.29) is 6.10 Å². The summed E-state index contributed by atoms with van der Waals surface area (Å²) in [6, 6.07) is 4.24. The van der Waals surface area contributed by atoms with Crippen molar-refractivity contribution in [2.45, 2.75) is 25.0 Å². The molecule has 14 heavy (non-hydrogen) atoms. The van der Waals surface area contributed by atoms with Crippen molar-refractivity contribution in [3.63, 3.8) is 0 Å². The quantitative estimate of drug-likeness (QED) is 0.731. The van der Waals surface area contributed by atoms with Crippen molar-refractivity contribution in [2.75, 3.05) is 0 Å². The van der Waals surface area contributed by atoms with Gasteiger partial charge in [-0.05, 0) is 25.0 Å². The molecule has 4 heteroatoms. The lowest BCUT2D eigenvalue weighted by molar-refractivity contribution is 0.0451. The van der Waals surface area contributed by atoms with Crippen molar-refractivity contribution in [1.29, 1.82) is 0 Å². The van der Waals surface area contributed by atoms with Crippen LogP contribution in [0.4, 0.5) is 0 Å². The highest BCUT2D eigenvalue weighted by Crippen LogP contribution is 2.33. The van der Waals surface area contributed by atoms with Gasteiger partial charge in [-0.2, -0.15) is 5.10 Å². The molecule has 1 aliphatic carbocycles. The first kappa shape index (κ1) is 7.94. The van der Waals surface area contributed by atoms with E-state index in [1.165, 1.54) is 0 Å². The summed E-state index contributed by atoms with van der Waals surface area (Å²) in [4.78, 5) is 4.29. The van der Waals surface area contributed by atoms with Crippen LogP contribution in [-0.2, 0) is 0 Å². The number of aliphatic hydroxyl groups is 1. The number of aromatic nitrogens is 3. The molecule has 0 aromatic carbocycles. The van der Waals surface area contributed by atoms with Crippen LogP contribution in [-0.4, -0.2) is 26.0 Å². The van der Waals surface area contributed by atoms with Crippen LogP contribution in [0.2, 0.25) is 0 Å². The topological polar surface area (TPSA) is 50.9 Å². The van der Waals surface area contributed by atoms with E-state index in [0.29, 0.717) is 6.04 Å². The summed E-state index contributed by atoms with van der Waals surface area (Å²) >= 11 is 0. The molecule has 0 saturated heterocycles. The van der Waals surface area contributed by atoms with Gasteiger partial charge in [0.15, 0.2) is 5.65 Å². The summed E-state index contributed by atoms with van der Waals surface area (Å²) in [5, 5.41) is 14.6. The first-order valence-corrected chi connectivity index (χ1v) is 4.81. The van der Waals surface area contributed by atoms with Gasteiger partial charge < -0.3 is 5.11 Å². The van der Waals surface area contributed by atoms with E-state index in [0.717, 1.165) is 23.9 Å². The van der Waals surface area contributed by atoms with Gasteiger partial charge in [-0.15, -0.1) is 0 Å². The monoisotopic (exact) mass is 189 g/mol. The number of rotatable bonds is 1. The van der Waals surface area contributed by atoms with Crippen molar-refractivity contribution in [2.24, 2.45) is 0 Å². The molecule has 72 valence electrons. The highest BCUT2D eigenvalue weighted by Gasteiger charge is 2.30. The molecule has 0 radical (unpaired) electrons. The molecule has 2 aromatic rings. The van der Waals surface area contributed by atoms with Gasteiger partial charge in [0.25, 0.3) is 0 Å². The molecular weight excluding hydrogens is 178 g/mol. The van der Waals surface area contributed by atoms with Crippen LogP contribution in [0.15, 0.2) is 24.5 Å². The van der Waals surface area contributed by atoms with Crippen molar-refractivity contribution in [3.8, 4) is 0 Å². The molecule has 2 heterocycles. The van der Waals surface area contributed by atoms with Crippen LogP contribution >= 0.6 is 0 Å². The first-order valence-electron chi connectivity index (χ1n) is 4.81. The zero-order valence-electron chi connectivity index (χ0n) is 7.67. The molecule has 0 spiro atoms. The minimum Gasteiger partial charge on any atom is -0.393 e. The number of nitrogens with zero attached hydrogens (tertiary/aromatic N) is 3. The lowest BCUT2D eigenvalue weighted by atomic mass is 9.90.